The first-order chi connectivity index (χ1) is 13.7. The monoisotopic (exact) mass is 408 g/mol. The van der Waals surface area contributed by atoms with Gasteiger partial charge in [0.2, 0.25) is 0 Å². The molecule has 1 rings (SSSR count). The van der Waals surface area contributed by atoms with Crippen LogP contribution in [0.4, 0.5) is 0 Å². The van der Waals surface area contributed by atoms with Gasteiger partial charge in [-0.3, -0.25) is 4.57 Å². The van der Waals surface area contributed by atoms with Crippen LogP contribution < -0.4 is 0 Å². The summed E-state index contributed by atoms with van der Waals surface area (Å²) in [5, 5.41) is 0. The van der Waals surface area contributed by atoms with Crippen molar-refractivity contribution in [3.63, 3.8) is 0 Å². The quantitative estimate of drug-likeness (QED) is 0.180. The van der Waals surface area contributed by atoms with E-state index < -0.39 is 7.60 Å². The molecule has 0 unspecified atom stereocenters. The van der Waals surface area contributed by atoms with Gasteiger partial charge in [0.1, 0.15) is 0 Å². The van der Waals surface area contributed by atoms with Crippen LogP contribution in [0.25, 0.3) is 6.08 Å². The SMILES string of the molecule is CCCCCCCCOP(=O)(/C=C\c1ccccc1)OCCCCCCCC. The lowest BCUT2D eigenvalue weighted by Crippen LogP contribution is -1.98. The molecule has 0 saturated heterocycles. The Morgan fingerprint density at radius 3 is 1.68 bits per heavy atom. The molecule has 1 aromatic carbocycles. The molecule has 3 nitrogen and oxygen atoms in total. The molecule has 0 aromatic heterocycles. The van der Waals surface area contributed by atoms with Gasteiger partial charge in [0, 0.05) is 5.82 Å². The fraction of sp³-hybridized carbons (Fsp3) is 0.667. The van der Waals surface area contributed by atoms with E-state index in [1.54, 1.807) is 5.82 Å². The highest BCUT2D eigenvalue weighted by Gasteiger charge is 2.20. The summed E-state index contributed by atoms with van der Waals surface area (Å²) in [5.41, 5.74) is 1.01. The molecular weight excluding hydrogens is 367 g/mol. The maximum absolute atomic E-state index is 13.1. The lowest BCUT2D eigenvalue weighted by atomic mass is 10.1. The van der Waals surface area contributed by atoms with Gasteiger partial charge in [0.05, 0.1) is 13.2 Å². The van der Waals surface area contributed by atoms with E-state index in [-0.39, 0.29) is 0 Å². The minimum absolute atomic E-state index is 0.499. The van der Waals surface area contributed by atoms with E-state index in [0.717, 1.165) is 31.2 Å². The maximum Gasteiger partial charge on any atom is 0.354 e. The second-order valence-electron chi connectivity index (χ2n) is 7.47. The smallest absolute Gasteiger partial charge is 0.306 e. The number of hydrogen-bond donors (Lipinski definition) is 0. The molecule has 1 aromatic rings. The second-order valence-corrected chi connectivity index (χ2v) is 9.36. The molecule has 160 valence electrons. The Hall–Kier alpha value is -0.890. The van der Waals surface area contributed by atoms with Crippen LogP contribution in [0.1, 0.15) is 96.5 Å². The molecule has 0 aliphatic heterocycles. The topological polar surface area (TPSA) is 35.5 Å². The standard InChI is InChI=1S/C24H41O3P/c1-3-5-7-9-11-16-21-26-28(25,23-20-24-18-14-13-15-19-24)27-22-17-12-10-8-6-4-2/h13-15,18-20,23H,3-12,16-17,21-22H2,1-2H3/b23-20-. The van der Waals surface area contributed by atoms with Gasteiger partial charge in [-0.25, -0.2) is 0 Å². The zero-order chi connectivity index (χ0) is 20.3. The van der Waals surface area contributed by atoms with Crippen molar-refractivity contribution in [3.8, 4) is 0 Å². The molecule has 0 spiro atoms. The number of unbranched alkanes of at least 4 members (excludes halogenated alkanes) is 10. The van der Waals surface area contributed by atoms with E-state index in [4.69, 9.17) is 9.05 Å². The summed E-state index contributed by atoms with van der Waals surface area (Å²) in [6.07, 6.45) is 16.1. The largest absolute Gasteiger partial charge is 0.354 e. The molecule has 0 N–H and O–H groups in total. The van der Waals surface area contributed by atoms with Gasteiger partial charge in [-0.15, -0.1) is 0 Å². The third-order valence-corrected chi connectivity index (χ3v) is 6.39. The van der Waals surface area contributed by atoms with Crippen LogP contribution >= 0.6 is 7.60 Å². The number of benzene rings is 1. The second kappa shape index (κ2) is 17.0. The first kappa shape index (κ1) is 25.1. The van der Waals surface area contributed by atoms with Crippen LogP contribution in [0.5, 0.6) is 0 Å². The molecule has 0 bridgehead atoms. The lowest BCUT2D eigenvalue weighted by Gasteiger charge is -2.15. The van der Waals surface area contributed by atoms with Gasteiger partial charge in [0.25, 0.3) is 0 Å². The van der Waals surface area contributed by atoms with Gasteiger partial charge in [-0.2, -0.15) is 0 Å². The Morgan fingerprint density at radius 2 is 1.18 bits per heavy atom. The summed E-state index contributed by atoms with van der Waals surface area (Å²) in [4.78, 5) is 0. The van der Waals surface area contributed by atoms with Crippen molar-refractivity contribution < 1.29 is 13.6 Å². The molecule has 0 aliphatic carbocycles. The molecular formula is C24H41O3P. The summed E-state index contributed by atoms with van der Waals surface area (Å²) in [6.45, 7) is 5.44. The van der Waals surface area contributed by atoms with Gasteiger partial charge in [-0.1, -0.05) is 108 Å². The summed E-state index contributed by atoms with van der Waals surface area (Å²) in [5.74, 6) is 1.64. The summed E-state index contributed by atoms with van der Waals surface area (Å²) in [6, 6.07) is 9.89. The van der Waals surface area contributed by atoms with Crippen molar-refractivity contribution in [3.05, 3.63) is 41.7 Å². The molecule has 4 heteroatoms. The van der Waals surface area contributed by atoms with E-state index >= 15 is 0 Å². The van der Waals surface area contributed by atoms with Crippen LogP contribution in [0, 0.1) is 0 Å². The van der Waals surface area contributed by atoms with Crippen LogP contribution in [-0.4, -0.2) is 13.2 Å². The maximum atomic E-state index is 13.1. The molecule has 0 radical (unpaired) electrons. The van der Waals surface area contributed by atoms with Crippen molar-refractivity contribution in [2.45, 2.75) is 90.9 Å². The number of hydrogen-bond acceptors (Lipinski definition) is 3. The van der Waals surface area contributed by atoms with Crippen LogP contribution in [-0.2, 0) is 13.6 Å². The minimum atomic E-state index is -3.19. The Morgan fingerprint density at radius 1 is 0.714 bits per heavy atom. The summed E-state index contributed by atoms with van der Waals surface area (Å²) in [7, 11) is -3.19. The highest BCUT2D eigenvalue weighted by atomic mass is 31.2. The summed E-state index contributed by atoms with van der Waals surface area (Å²) >= 11 is 0. The van der Waals surface area contributed by atoms with Crippen molar-refractivity contribution >= 4 is 13.7 Å². The predicted molar refractivity (Wildman–Crippen MR) is 122 cm³/mol. The molecule has 0 atom stereocenters. The first-order valence-electron chi connectivity index (χ1n) is 11.3. The Balaban J connectivity index is 2.42. The zero-order valence-electron chi connectivity index (χ0n) is 18.1. The van der Waals surface area contributed by atoms with E-state index in [1.165, 1.54) is 51.4 Å². The van der Waals surface area contributed by atoms with Crippen molar-refractivity contribution in [1.29, 1.82) is 0 Å². The average Bonchev–Trinajstić information content (AvgIpc) is 2.72. The predicted octanol–water partition coefficient (Wildman–Crippen LogP) is 8.60. The van der Waals surface area contributed by atoms with Gasteiger partial charge >= 0.3 is 7.60 Å². The summed E-state index contributed by atoms with van der Waals surface area (Å²) < 4.78 is 24.6. The van der Waals surface area contributed by atoms with Crippen molar-refractivity contribution in [2.24, 2.45) is 0 Å². The average molecular weight is 409 g/mol. The zero-order valence-corrected chi connectivity index (χ0v) is 19.0. The highest BCUT2D eigenvalue weighted by Crippen LogP contribution is 2.50. The third kappa shape index (κ3) is 13.3. The van der Waals surface area contributed by atoms with E-state index in [9.17, 15) is 4.57 Å². The minimum Gasteiger partial charge on any atom is -0.306 e. The van der Waals surface area contributed by atoms with Gasteiger partial charge in [0.15, 0.2) is 0 Å². The third-order valence-electron chi connectivity index (χ3n) is 4.79. The Labute approximate surface area is 173 Å². The fourth-order valence-electron chi connectivity index (χ4n) is 3.01. The Kier molecular flexibility index (Phi) is 15.3. The Bertz CT molecular complexity index is 520. The normalized spacial score (nSPS) is 12.1. The highest BCUT2D eigenvalue weighted by molar-refractivity contribution is 7.57. The molecule has 0 aliphatic rings. The first-order valence-corrected chi connectivity index (χ1v) is 12.9. The molecule has 28 heavy (non-hydrogen) atoms. The van der Waals surface area contributed by atoms with Crippen LogP contribution in [0.3, 0.4) is 0 Å². The van der Waals surface area contributed by atoms with Crippen LogP contribution in [0.15, 0.2) is 36.1 Å². The molecule has 0 amide bonds. The van der Waals surface area contributed by atoms with Crippen molar-refractivity contribution in [2.75, 3.05) is 13.2 Å². The van der Waals surface area contributed by atoms with Crippen LogP contribution in [0.2, 0.25) is 0 Å². The molecule has 0 saturated carbocycles. The van der Waals surface area contributed by atoms with Gasteiger partial charge < -0.3 is 9.05 Å². The van der Waals surface area contributed by atoms with E-state index in [2.05, 4.69) is 13.8 Å². The number of rotatable bonds is 18. The van der Waals surface area contributed by atoms with Gasteiger partial charge in [-0.05, 0) is 24.5 Å². The van der Waals surface area contributed by atoms with Crippen molar-refractivity contribution in [1.82, 2.24) is 0 Å². The van der Waals surface area contributed by atoms with E-state index in [0.29, 0.717) is 13.2 Å². The molecule has 0 heterocycles. The van der Waals surface area contributed by atoms with E-state index in [1.807, 2.05) is 36.4 Å². The fourth-order valence-corrected chi connectivity index (χ4v) is 4.38. The molecule has 0 fully saturated rings. The lowest BCUT2D eigenvalue weighted by molar-refractivity contribution is 0.205.